The topological polar surface area (TPSA) is 55.8 Å². The number of hydrogen-bond donors (Lipinski definition) is 1. The maximum atomic E-state index is 8.76. The summed E-state index contributed by atoms with van der Waals surface area (Å²) in [6.45, 7) is 1.88. The molecule has 2 aromatic heterocycles. The van der Waals surface area contributed by atoms with Crippen LogP contribution < -0.4 is 5.49 Å². The highest BCUT2D eigenvalue weighted by atomic mass is 16.5. The van der Waals surface area contributed by atoms with Crippen molar-refractivity contribution in [2.75, 3.05) is 13.7 Å². The molecule has 0 atom stereocenters. The Hall–Kier alpha value is -3.18. The lowest BCUT2D eigenvalue weighted by Crippen LogP contribution is -2.23. The maximum Gasteiger partial charge on any atom is 0.146 e. The smallest absolute Gasteiger partial charge is 0.146 e. The van der Waals surface area contributed by atoms with Crippen LogP contribution in [0.2, 0.25) is 0 Å². The quantitative estimate of drug-likeness (QED) is 0.572. The molecule has 5 nitrogen and oxygen atoms in total. The highest BCUT2D eigenvalue weighted by molar-refractivity contribution is 5.93. The summed E-state index contributed by atoms with van der Waals surface area (Å²) in [5.74, 6) is 0. The Labute approximate surface area is 158 Å². The number of rotatable bonds is 6. The molecule has 0 fully saturated rings. The molecule has 0 amide bonds. The van der Waals surface area contributed by atoms with Crippen molar-refractivity contribution in [2.24, 2.45) is 0 Å². The normalized spacial score (nSPS) is 11.1. The second-order valence-electron chi connectivity index (χ2n) is 6.50. The first-order valence-corrected chi connectivity index (χ1v) is 8.99. The van der Waals surface area contributed by atoms with Gasteiger partial charge in [0.15, 0.2) is 0 Å². The average molecular weight is 358 g/mol. The summed E-state index contributed by atoms with van der Waals surface area (Å²) in [5, 5.41) is 9.63. The standard InChI is InChI=1S/C22H22N4O/c1-27-13-12-25-16-24-22-20(21(25)23)19(18-10-6-3-7-11-18)15-26(22)14-17-8-4-2-5-9-17/h2-11,15-16,23H,12-14H2,1H3. The highest BCUT2D eigenvalue weighted by Crippen LogP contribution is 2.27. The van der Waals surface area contributed by atoms with E-state index in [2.05, 4.69) is 40.0 Å². The fraction of sp³-hybridized carbons (Fsp3) is 0.182. The SMILES string of the molecule is COCCn1cnc2c(c(-c3ccccc3)cn2Cc2ccccc2)c1=N. The van der Waals surface area contributed by atoms with Crippen LogP contribution in [0.4, 0.5) is 0 Å². The Kier molecular flexibility index (Phi) is 4.85. The van der Waals surface area contributed by atoms with Crippen LogP contribution >= 0.6 is 0 Å². The summed E-state index contributed by atoms with van der Waals surface area (Å²) in [6.07, 6.45) is 3.85. The molecular formula is C22H22N4O. The zero-order chi connectivity index (χ0) is 18.6. The Morgan fingerprint density at radius 3 is 2.37 bits per heavy atom. The monoisotopic (exact) mass is 358 g/mol. The van der Waals surface area contributed by atoms with Crippen LogP contribution in [0.3, 0.4) is 0 Å². The number of fused-ring (bicyclic) bond motifs is 1. The molecule has 2 heterocycles. The molecule has 0 saturated carbocycles. The minimum atomic E-state index is 0.461. The van der Waals surface area contributed by atoms with Crippen molar-refractivity contribution in [3.05, 3.63) is 84.2 Å². The van der Waals surface area contributed by atoms with Crippen LogP contribution in [0.1, 0.15) is 5.56 Å². The van der Waals surface area contributed by atoms with Crippen molar-refractivity contribution in [3.63, 3.8) is 0 Å². The van der Waals surface area contributed by atoms with E-state index in [-0.39, 0.29) is 0 Å². The molecule has 4 aromatic rings. The van der Waals surface area contributed by atoms with Crippen molar-refractivity contribution in [1.29, 1.82) is 5.41 Å². The summed E-state index contributed by atoms with van der Waals surface area (Å²) >= 11 is 0. The molecule has 2 aromatic carbocycles. The number of aromatic nitrogens is 3. The Balaban J connectivity index is 1.90. The number of nitrogens with zero attached hydrogens (tertiary/aromatic N) is 3. The van der Waals surface area contributed by atoms with Crippen molar-refractivity contribution >= 4 is 11.0 Å². The molecule has 0 aliphatic carbocycles. The molecular weight excluding hydrogens is 336 g/mol. The Morgan fingerprint density at radius 1 is 0.963 bits per heavy atom. The zero-order valence-corrected chi connectivity index (χ0v) is 15.3. The summed E-state index contributed by atoms with van der Waals surface area (Å²) in [6, 6.07) is 20.5. The molecule has 5 heteroatoms. The lowest BCUT2D eigenvalue weighted by atomic mass is 10.1. The highest BCUT2D eigenvalue weighted by Gasteiger charge is 2.15. The van der Waals surface area contributed by atoms with Gasteiger partial charge in [-0.25, -0.2) is 4.98 Å². The largest absolute Gasteiger partial charge is 0.383 e. The molecule has 0 radical (unpaired) electrons. The summed E-state index contributed by atoms with van der Waals surface area (Å²) < 4.78 is 9.14. The van der Waals surface area contributed by atoms with Crippen LogP contribution in [-0.2, 0) is 17.8 Å². The molecule has 0 saturated heterocycles. The van der Waals surface area contributed by atoms with Gasteiger partial charge in [0.1, 0.15) is 11.1 Å². The number of ether oxygens (including phenoxy) is 1. The molecule has 27 heavy (non-hydrogen) atoms. The summed E-state index contributed by atoms with van der Waals surface area (Å²) in [7, 11) is 1.67. The van der Waals surface area contributed by atoms with E-state index in [1.54, 1.807) is 13.4 Å². The molecule has 0 bridgehead atoms. The summed E-state index contributed by atoms with van der Waals surface area (Å²) in [5.41, 5.74) is 4.62. The van der Waals surface area contributed by atoms with Gasteiger partial charge >= 0.3 is 0 Å². The number of methoxy groups -OCH3 is 1. The molecule has 0 unspecified atom stereocenters. The number of nitrogens with one attached hydrogen (secondary N) is 1. The fourth-order valence-corrected chi connectivity index (χ4v) is 3.34. The molecule has 4 rings (SSSR count). The molecule has 1 N–H and O–H groups in total. The van der Waals surface area contributed by atoms with Gasteiger partial charge in [-0.3, -0.25) is 5.41 Å². The van der Waals surface area contributed by atoms with Crippen molar-refractivity contribution in [3.8, 4) is 11.1 Å². The predicted molar refractivity (Wildman–Crippen MR) is 106 cm³/mol. The lowest BCUT2D eigenvalue weighted by Gasteiger charge is -2.08. The molecule has 0 aliphatic rings. The molecule has 0 spiro atoms. The van der Waals surface area contributed by atoms with Gasteiger partial charge in [-0.05, 0) is 11.1 Å². The number of hydrogen-bond acceptors (Lipinski definition) is 3. The predicted octanol–water partition coefficient (Wildman–Crippen LogP) is 3.68. The van der Waals surface area contributed by atoms with Gasteiger partial charge in [-0.2, -0.15) is 0 Å². The fourth-order valence-electron chi connectivity index (χ4n) is 3.34. The van der Waals surface area contributed by atoms with Crippen molar-refractivity contribution in [2.45, 2.75) is 13.1 Å². The minimum Gasteiger partial charge on any atom is -0.383 e. The van der Waals surface area contributed by atoms with Crippen LogP contribution in [-0.4, -0.2) is 27.8 Å². The molecule has 0 aliphatic heterocycles. The van der Waals surface area contributed by atoms with Gasteiger partial charge in [0.05, 0.1) is 18.3 Å². The van der Waals surface area contributed by atoms with Gasteiger partial charge in [0.25, 0.3) is 0 Å². The Morgan fingerprint density at radius 2 is 1.67 bits per heavy atom. The molecule has 136 valence electrons. The van der Waals surface area contributed by atoms with E-state index >= 15 is 0 Å². The van der Waals surface area contributed by atoms with Crippen molar-refractivity contribution < 1.29 is 4.74 Å². The maximum absolute atomic E-state index is 8.76. The van der Waals surface area contributed by atoms with E-state index in [1.807, 2.05) is 41.0 Å². The lowest BCUT2D eigenvalue weighted by molar-refractivity contribution is 0.185. The third-order valence-electron chi connectivity index (χ3n) is 4.71. The van der Waals surface area contributed by atoms with Gasteiger partial charge in [0, 0.05) is 32.0 Å². The second kappa shape index (κ2) is 7.60. The van der Waals surface area contributed by atoms with Gasteiger partial charge in [0.2, 0.25) is 0 Å². The van der Waals surface area contributed by atoms with E-state index in [0.717, 1.165) is 28.7 Å². The van der Waals surface area contributed by atoms with Gasteiger partial charge < -0.3 is 13.9 Å². The van der Waals surface area contributed by atoms with Crippen LogP contribution in [0.15, 0.2) is 73.2 Å². The van der Waals surface area contributed by atoms with E-state index in [4.69, 9.17) is 10.1 Å². The third kappa shape index (κ3) is 3.41. The average Bonchev–Trinajstić information content (AvgIpc) is 3.08. The van der Waals surface area contributed by atoms with Crippen LogP contribution in [0.25, 0.3) is 22.2 Å². The zero-order valence-electron chi connectivity index (χ0n) is 15.3. The first kappa shape index (κ1) is 17.2. The first-order chi connectivity index (χ1) is 13.3. The van der Waals surface area contributed by atoms with E-state index < -0.39 is 0 Å². The first-order valence-electron chi connectivity index (χ1n) is 8.99. The van der Waals surface area contributed by atoms with Crippen molar-refractivity contribution in [1.82, 2.24) is 14.1 Å². The Bertz CT molecular complexity index is 1100. The van der Waals surface area contributed by atoms with E-state index in [9.17, 15) is 0 Å². The van der Waals surface area contributed by atoms with Crippen LogP contribution in [0, 0.1) is 5.41 Å². The number of benzene rings is 2. The van der Waals surface area contributed by atoms with E-state index in [1.165, 1.54) is 5.56 Å². The van der Waals surface area contributed by atoms with Crippen LogP contribution in [0.5, 0.6) is 0 Å². The summed E-state index contributed by atoms with van der Waals surface area (Å²) in [4.78, 5) is 4.69. The minimum absolute atomic E-state index is 0.461. The third-order valence-corrected chi connectivity index (χ3v) is 4.71. The van der Waals surface area contributed by atoms with E-state index in [0.29, 0.717) is 18.6 Å². The second-order valence-corrected chi connectivity index (χ2v) is 6.50. The van der Waals surface area contributed by atoms with Gasteiger partial charge in [-0.15, -0.1) is 0 Å². The van der Waals surface area contributed by atoms with Gasteiger partial charge in [-0.1, -0.05) is 60.7 Å².